The topological polar surface area (TPSA) is 88.4 Å². The number of anilines is 1. The summed E-state index contributed by atoms with van der Waals surface area (Å²) in [5.41, 5.74) is 3.34. The molecule has 1 N–H and O–H groups in total. The number of ether oxygens (including phenoxy) is 2. The average molecular weight is 378 g/mol. The van der Waals surface area contributed by atoms with Crippen LogP contribution in [0.2, 0.25) is 0 Å². The van der Waals surface area contributed by atoms with Gasteiger partial charge in [0.25, 0.3) is 5.91 Å². The number of benzene rings is 2. The molecule has 0 fully saturated rings. The SMILES string of the molecule is CCOC(=O)COc1ccc(/C=C(\C#N)C(=O)Nc2cc(C)cc(C)c2)cc1. The van der Waals surface area contributed by atoms with Crippen molar-refractivity contribution < 1.29 is 19.1 Å². The first-order valence-electron chi connectivity index (χ1n) is 8.81. The normalized spacial score (nSPS) is 10.7. The molecule has 0 aliphatic carbocycles. The van der Waals surface area contributed by atoms with Crippen LogP contribution in [0.5, 0.6) is 5.75 Å². The van der Waals surface area contributed by atoms with Gasteiger partial charge in [-0.15, -0.1) is 0 Å². The van der Waals surface area contributed by atoms with Crippen LogP contribution in [0, 0.1) is 25.2 Å². The Kier molecular flexibility index (Phi) is 7.35. The Labute approximate surface area is 164 Å². The van der Waals surface area contributed by atoms with Crippen molar-refractivity contribution in [3.05, 3.63) is 64.7 Å². The zero-order chi connectivity index (χ0) is 20.5. The van der Waals surface area contributed by atoms with Gasteiger partial charge in [-0.2, -0.15) is 5.26 Å². The van der Waals surface area contributed by atoms with E-state index in [-0.39, 0.29) is 12.2 Å². The standard InChI is InChI=1S/C22H22N2O4/c1-4-27-21(25)14-28-20-7-5-17(6-8-20)12-18(13-23)22(26)24-19-10-15(2)9-16(3)11-19/h5-12H,4,14H2,1-3H3,(H,24,26)/b18-12+. The molecule has 0 atom stereocenters. The van der Waals surface area contributed by atoms with Crippen molar-refractivity contribution in [3.63, 3.8) is 0 Å². The molecule has 28 heavy (non-hydrogen) atoms. The third-order valence-corrected chi connectivity index (χ3v) is 3.70. The van der Waals surface area contributed by atoms with Crippen LogP contribution in [0.15, 0.2) is 48.0 Å². The summed E-state index contributed by atoms with van der Waals surface area (Å²) >= 11 is 0. The zero-order valence-electron chi connectivity index (χ0n) is 16.1. The van der Waals surface area contributed by atoms with Gasteiger partial charge in [0, 0.05) is 5.69 Å². The number of rotatable bonds is 7. The summed E-state index contributed by atoms with van der Waals surface area (Å²) in [6, 6.07) is 14.3. The van der Waals surface area contributed by atoms with E-state index in [0.717, 1.165) is 11.1 Å². The molecule has 0 saturated carbocycles. The van der Waals surface area contributed by atoms with E-state index in [4.69, 9.17) is 9.47 Å². The monoisotopic (exact) mass is 378 g/mol. The molecule has 0 radical (unpaired) electrons. The van der Waals surface area contributed by atoms with E-state index < -0.39 is 11.9 Å². The maximum atomic E-state index is 12.4. The molecule has 6 nitrogen and oxygen atoms in total. The molecule has 2 aromatic rings. The van der Waals surface area contributed by atoms with Crippen molar-refractivity contribution >= 4 is 23.6 Å². The lowest BCUT2D eigenvalue weighted by atomic mass is 10.1. The van der Waals surface area contributed by atoms with Crippen molar-refractivity contribution in [1.82, 2.24) is 0 Å². The van der Waals surface area contributed by atoms with E-state index in [1.165, 1.54) is 6.08 Å². The molecule has 0 bridgehead atoms. The molecule has 0 spiro atoms. The maximum absolute atomic E-state index is 12.4. The highest BCUT2D eigenvalue weighted by atomic mass is 16.6. The number of nitrogens with one attached hydrogen (secondary N) is 1. The van der Waals surface area contributed by atoms with Gasteiger partial charge in [0.1, 0.15) is 17.4 Å². The smallest absolute Gasteiger partial charge is 0.344 e. The van der Waals surface area contributed by atoms with Crippen LogP contribution in [0.1, 0.15) is 23.6 Å². The van der Waals surface area contributed by atoms with Gasteiger partial charge >= 0.3 is 5.97 Å². The predicted molar refractivity (Wildman–Crippen MR) is 107 cm³/mol. The molecule has 6 heteroatoms. The number of nitriles is 1. The predicted octanol–water partition coefficient (Wildman–Crippen LogP) is 3.79. The number of hydrogen-bond acceptors (Lipinski definition) is 5. The van der Waals surface area contributed by atoms with Crippen LogP contribution < -0.4 is 10.1 Å². The van der Waals surface area contributed by atoms with Gasteiger partial charge in [-0.3, -0.25) is 4.79 Å². The molecule has 2 rings (SSSR count). The lowest BCUT2D eigenvalue weighted by Crippen LogP contribution is -2.14. The molecule has 0 heterocycles. The molecule has 1 amide bonds. The van der Waals surface area contributed by atoms with Crippen LogP contribution >= 0.6 is 0 Å². The largest absolute Gasteiger partial charge is 0.482 e. The van der Waals surface area contributed by atoms with Crippen LogP contribution in [0.4, 0.5) is 5.69 Å². The second-order valence-corrected chi connectivity index (χ2v) is 6.16. The van der Waals surface area contributed by atoms with Crippen LogP contribution in [-0.2, 0) is 14.3 Å². The maximum Gasteiger partial charge on any atom is 0.344 e. The summed E-state index contributed by atoms with van der Waals surface area (Å²) in [6.45, 7) is 5.73. The highest BCUT2D eigenvalue weighted by molar-refractivity contribution is 6.09. The fourth-order valence-electron chi connectivity index (χ4n) is 2.57. The minimum atomic E-state index is -0.477. The molecule has 144 valence electrons. The van der Waals surface area contributed by atoms with Gasteiger partial charge in [0.2, 0.25) is 0 Å². The van der Waals surface area contributed by atoms with Gasteiger partial charge in [0.15, 0.2) is 6.61 Å². The van der Waals surface area contributed by atoms with Crippen molar-refractivity contribution in [2.45, 2.75) is 20.8 Å². The Morgan fingerprint density at radius 2 is 1.75 bits per heavy atom. The first-order chi connectivity index (χ1) is 13.4. The number of nitrogens with zero attached hydrogens (tertiary/aromatic N) is 1. The highest BCUT2D eigenvalue weighted by Gasteiger charge is 2.10. The number of amides is 1. The summed E-state index contributed by atoms with van der Waals surface area (Å²) < 4.78 is 10.1. The van der Waals surface area contributed by atoms with E-state index >= 15 is 0 Å². The van der Waals surface area contributed by atoms with Crippen LogP contribution in [0.3, 0.4) is 0 Å². The van der Waals surface area contributed by atoms with Crippen molar-refractivity contribution in [3.8, 4) is 11.8 Å². The van der Waals surface area contributed by atoms with Crippen LogP contribution in [-0.4, -0.2) is 25.1 Å². The lowest BCUT2D eigenvalue weighted by Gasteiger charge is -2.07. The number of carbonyl (C=O) groups is 2. The molecule has 0 saturated heterocycles. The third-order valence-electron chi connectivity index (χ3n) is 3.70. The second-order valence-electron chi connectivity index (χ2n) is 6.16. The third kappa shape index (κ3) is 6.29. The minimum absolute atomic E-state index is 0.0145. The van der Waals surface area contributed by atoms with Crippen molar-refractivity contribution in [2.24, 2.45) is 0 Å². The van der Waals surface area contributed by atoms with Crippen molar-refractivity contribution in [1.29, 1.82) is 5.26 Å². The van der Waals surface area contributed by atoms with Crippen LogP contribution in [0.25, 0.3) is 6.08 Å². The van der Waals surface area contributed by atoms with Gasteiger partial charge in [0.05, 0.1) is 6.61 Å². The number of esters is 1. The van der Waals surface area contributed by atoms with Crippen molar-refractivity contribution in [2.75, 3.05) is 18.5 Å². The summed E-state index contributed by atoms with van der Waals surface area (Å²) in [6.07, 6.45) is 1.49. The molecular formula is C22H22N2O4. The number of aryl methyl sites for hydroxylation is 2. The van der Waals surface area contributed by atoms with E-state index in [2.05, 4.69) is 5.32 Å². The Hall–Kier alpha value is -3.59. The molecule has 2 aromatic carbocycles. The first kappa shape index (κ1) is 20.7. The average Bonchev–Trinajstić information content (AvgIpc) is 2.64. The second kappa shape index (κ2) is 9.93. The Morgan fingerprint density at radius 3 is 2.32 bits per heavy atom. The summed E-state index contributed by atoms with van der Waals surface area (Å²) in [5.74, 6) is -0.431. The Bertz CT molecular complexity index is 904. The highest BCUT2D eigenvalue weighted by Crippen LogP contribution is 2.17. The van der Waals surface area contributed by atoms with E-state index in [9.17, 15) is 14.9 Å². The summed E-state index contributed by atoms with van der Waals surface area (Å²) in [4.78, 5) is 23.7. The Morgan fingerprint density at radius 1 is 1.11 bits per heavy atom. The van der Waals surface area contributed by atoms with Gasteiger partial charge in [-0.05, 0) is 67.8 Å². The fraction of sp³-hybridized carbons (Fsp3) is 0.227. The van der Waals surface area contributed by atoms with Gasteiger partial charge < -0.3 is 14.8 Å². The minimum Gasteiger partial charge on any atom is -0.482 e. The quantitative estimate of drug-likeness (QED) is 0.450. The first-order valence-corrected chi connectivity index (χ1v) is 8.81. The van der Waals surface area contributed by atoms with E-state index in [1.54, 1.807) is 31.2 Å². The zero-order valence-corrected chi connectivity index (χ0v) is 16.1. The molecule has 0 unspecified atom stereocenters. The number of carbonyl (C=O) groups excluding carboxylic acids is 2. The molecule has 0 aromatic heterocycles. The molecular weight excluding hydrogens is 356 g/mol. The Balaban J connectivity index is 2.05. The van der Waals surface area contributed by atoms with Gasteiger partial charge in [-0.25, -0.2) is 4.79 Å². The van der Waals surface area contributed by atoms with E-state index in [1.807, 2.05) is 38.1 Å². The molecule has 0 aliphatic heterocycles. The lowest BCUT2D eigenvalue weighted by molar-refractivity contribution is -0.145. The molecule has 0 aliphatic rings. The number of hydrogen-bond donors (Lipinski definition) is 1. The summed E-state index contributed by atoms with van der Waals surface area (Å²) in [5, 5.41) is 12.1. The van der Waals surface area contributed by atoms with Gasteiger partial charge in [-0.1, -0.05) is 18.2 Å². The summed E-state index contributed by atoms with van der Waals surface area (Å²) in [7, 11) is 0. The fourth-order valence-corrected chi connectivity index (χ4v) is 2.57. The van der Waals surface area contributed by atoms with E-state index in [0.29, 0.717) is 23.6 Å².